The molecule has 0 saturated carbocycles. The molecule has 0 fully saturated rings. The van der Waals surface area contributed by atoms with Crippen molar-refractivity contribution in [3.05, 3.63) is 17.8 Å². The van der Waals surface area contributed by atoms with Crippen molar-refractivity contribution in [2.45, 2.75) is 19.9 Å². The third kappa shape index (κ3) is 3.47. The molecule has 0 atom stereocenters. The molecule has 1 aromatic rings. The second-order valence-corrected chi connectivity index (χ2v) is 3.55. The van der Waals surface area contributed by atoms with Crippen molar-refractivity contribution < 1.29 is 4.42 Å². The van der Waals surface area contributed by atoms with Gasteiger partial charge in [-0.15, -0.1) is 0 Å². The van der Waals surface area contributed by atoms with Gasteiger partial charge in [-0.25, -0.2) is 4.98 Å². The molecule has 0 saturated heterocycles. The lowest BCUT2D eigenvalue weighted by molar-refractivity contribution is 0.316. The van der Waals surface area contributed by atoms with Crippen LogP contribution in [0.1, 0.15) is 17.9 Å². The number of nitrogens with zero attached hydrogens (tertiary/aromatic N) is 2. The highest BCUT2D eigenvalue weighted by Crippen LogP contribution is 2.06. The third-order valence-electron chi connectivity index (χ3n) is 2.23. The zero-order valence-electron chi connectivity index (χ0n) is 9.21. The second kappa shape index (κ2) is 5.78. The van der Waals surface area contributed by atoms with E-state index in [9.17, 15) is 0 Å². The molecule has 0 aliphatic carbocycles. The Balaban J connectivity index is 2.27. The Morgan fingerprint density at radius 3 is 2.93 bits per heavy atom. The van der Waals surface area contributed by atoms with Crippen molar-refractivity contribution in [3.63, 3.8) is 0 Å². The summed E-state index contributed by atoms with van der Waals surface area (Å²) < 4.78 is 5.14. The molecule has 14 heavy (non-hydrogen) atoms. The lowest BCUT2D eigenvalue weighted by Gasteiger charge is -2.14. The number of aryl methyl sites for hydroxylation is 1. The summed E-state index contributed by atoms with van der Waals surface area (Å²) in [7, 11) is 4.07. The van der Waals surface area contributed by atoms with Crippen molar-refractivity contribution >= 4 is 0 Å². The largest absolute Gasteiger partial charge is 0.448 e. The minimum atomic E-state index is 0.867. The summed E-state index contributed by atoms with van der Waals surface area (Å²) in [6.45, 7) is 4.95. The lowest BCUT2D eigenvalue weighted by atomic mass is 10.3. The number of hydrogen-bond acceptors (Lipinski definition) is 4. The predicted molar refractivity (Wildman–Crippen MR) is 56.1 cm³/mol. The Labute approximate surface area is 85.3 Å². The van der Waals surface area contributed by atoms with E-state index in [4.69, 9.17) is 4.42 Å². The van der Waals surface area contributed by atoms with E-state index >= 15 is 0 Å². The van der Waals surface area contributed by atoms with E-state index in [2.05, 4.69) is 22.2 Å². The van der Waals surface area contributed by atoms with Crippen LogP contribution >= 0.6 is 0 Å². The van der Waals surface area contributed by atoms with Crippen LogP contribution in [0.2, 0.25) is 0 Å². The topological polar surface area (TPSA) is 41.3 Å². The fourth-order valence-electron chi connectivity index (χ4n) is 1.34. The van der Waals surface area contributed by atoms with E-state index in [1.807, 2.05) is 14.0 Å². The SMILES string of the molecule is CNCCCN(C)Cc1ncoc1C. The van der Waals surface area contributed by atoms with Gasteiger partial charge in [0.05, 0.1) is 5.69 Å². The molecule has 0 aromatic carbocycles. The molecule has 4 heteroatoms. The van der Waals surface area contributed by atoms with Gasteiger partial charge >= 0.3 is 0 Å². The fourth-order valence-corrected chi connectivity index (χ4v) is 1.34. The van der Waals surface area contributed by atoms with Crippen LogP contribution in [0.5, 0.6) is 0 Å². The Hall–Kier alpha value is -0.870. The van der Waals surface area contributed by atoms with Crippen LogP contribution in [-0.2, 0) is 6.54 Å². The highest BCUT2D eigenvalue weighted by Gasteiger charge is 2.06. The molecular formula is C10H19N3O. The first kappa shape index (κ1) is 11.2. The van der Waals surface area contributed by atoms with Gasteiger partial charge in [0, 0.05) is 6.54 Å². The summed E-state index contributed by atoms with van der Waals surface area (Å²) >= 11 is 0. The molecule has 0 radical (unpaired) electrons. The summed E-state index contributed by atoms with van der Waals surface area (Å²) in [5, 5.41) is 3.13. The number of hydrogen-bond donors (Lipinski definition) is 1. The first-order valence-electron chi connectivity index (χ1n) is 4.96. The smallest absolute Gasteiger partial charge is 0.181 e. The zero-order chi connectivity index (χ0) is 10.4. The molecule has 0 aliphatic rings. The minimum absolute atomic E-state index is 0.867. The molecule has 80 valence electrons. The first-order chi connectivity index (χ1) is 6.74. The van der Waals surface area contributed by atoms with Crippen molar-refractivity contribution in [2.24, 2.45) is 0 Å². The summed E-state index contributed by atoms with van der Waals surface area (Å²) in [5.41, 5.74) is 1.04. The van der Waals surface area contributed by atoms with Crippen molar-refractivity contribution in [3.8, 4) is 0 Å². The standard InChI is InChI=1S/C10H19N3O/c1-9-10(12-8-14-9)7-13(3)6-4-5-11-2/h8,11H,4-7H2,1-3H3. The normalized spacial score (nSPS) is 11.1. The molecule has 0 spiro atoms. The summed E-state index contributed by atoms with van der Waals surface area (Å²) in [4.78, 5) is 6.41. The van der Waals surface area contributed by atoms with Gasteiger partial charge in [0.25, 0.3) is 0 Å². The van der Waals surface area contributed by atoms with Crippen LogP contribution in [0.25, 0.3) is 0 Å². The Morgan fingerprint density at radius 2 is 2.36 bits per heavy atom. The summed E-state index contributed by atoms with van der Waals surface area (Å²) in [6, 6.07) is 0. The molecule has 4 nitrogen and oxygen atoms in total. The molecular weight excluding hydrogens is 178 g/mol. The Morgan fingerprint density at radius 1 is 1.57 bits per heavy atom. The average molecular weight is 197 g/mol. The molecule has 0 aliphatic heterocycles. The Kier molecular flexibility index (Phi) is 4.62. The van der Waals surface area contributed by atoms with E-state index in [0.29, 0.717) is 0 Å². The first-order valence-corrected chi connectivity index (χ1v) is 4.96. The van der Waals surface area contributed by atoms with Gasteiger partial charge in [-0.3, -0.25) is 0 Å². The molecule has 1 heterocycles. The minimum Gasteiger partial charge on any atom is -0.448 e. The highest BCUT2D eigenvalue weighted by atomic mass is 16.3. The maximum absolute atomic E-state index is 5.14. The summed E-state index contributed by atoms with van der Waals surface area (Å²) in [5.74, 6) is 0.922. The highest BCUT2D eigenvalue weighted by molar-refractivity contribution is 5.03. The maximum Gasteiger partial charge on any atom is 0.181 e. The van der Waals surface area contributed by atoms with Crippen LogP contribution in [0.3, 0.4) is 0 Å². The van der Waals surface area contributed by atoms with E-state index in [1.54, 1.807) is 0 Å². The van der Waals surface area contributed by atoms with E-state index in [-0.39, 0.29) is 0 Å². The molecule has 1 N–H and O–H groups in total. The fraction of sp³-hybridized carbons (Fsp3) is 0.700. The van der Waals surface area contributed by atoms with Crippen LogP contribution in [0, 0.1) is 6.92 Å². The predicted octanol–water partition coefficient (Wildman–Crippen LogP) is 1.02. The van der Waals surface area contributed by atoms with Gasteiger partial charge in [-0.1, -0.05) is 0 Å². The van der Waals surface area contributed by atoms with Crippen molar-refractivity contribution in [1.29, 1.82) is 0 Å². The third-order valence-corrected chi connectivity index (χ3v) is 2.23. The molecule has 0 amide bonds. The molecule has 1 aromatic heterocycles. The monoisotopic (exact) mass is 197 g/mol. The van der Waals surface area contributed by atoms with Crippen LogP contribution in [0.15, 0.2) is 10.8 Å². The quantitative estimate of drug-likeness (QED) is 0.691. The number of aromatic nitrogens is 1. The molecule has 0 unspecified atom stereocenters. The number of rotatable bonds is 6. The molecule has 1 rings (SSSR count). The van der Waals surface area contributed by atoms with Gasteiger partial charge in [0.15, 0.2) is 6.39 Å². The van der Waals surface area contributed by atoms with Gasteiger partial charge < -0.3 is 14.6 Å². The molecule has 0 bridgehead atoms. The van der Waals surface area contributed by atoms with E-state index in [0.717, 1.165) is 37.5 Å². The Bertz CT molecular complexity index is 260. The van der Waals surface area contributed by atoms with Crippen molar-refractivity contribution in [1.82, 2.24) is 15.2 Å². The van der Waals surface area contributed by atoms with Gasteiger partial charge in [-0.2, -0.15) is 0 Å². The van der Waals surface area contributed by atoms with Crippen LogP contribution < -0.4 is 5.32 Å². The number of oxazole rings is 1. The van der Waals surface area contributed by atoms with E-state index in [1.165, 1.54) is 6.39 Å². The van der Waals surface area contributed by atoms with Gasteiger partial charge in [-0.05, 0) is 40.5 Å². The van der Waals surface area contributed by atoms with Crippen LogP contribution in [0.4, 0.5) is 0 Å². The zero-order valence-corrected chi connectivity index (χ0v) is 9.21. The number of nitrogens with one attached hydrogen (secondary N) is 1. The lowest BCUT2D eigenvalue weighted by Crippen LogP contribution is -2.22. The van der Waals surface area contributed by atoms with E-state index < -0.39 is 0 Å². The van der Waals surface area contributed by atoms with Crippen LogP contribution in [-0.4, -0.2) is 37.1 Å². The van der Waals surface area contributed by atoms with Crippen molar-refractivity contribution in [2.75, 3.05) is 27.2 Å². The van der Waals surface area contributed by atoms with Gasteiger partial charge in [0.2, 0.25) is 0 Å². The average Bonchev–Trinajstić information content (AvgIpc) is 2.52. The van der Waals surface area contributed by atoms with Gasteiger partial charge in [0.1, 0.15) is 5.76 Å². The summed E-state index contributed by atoms with van der Waals surface area (Å²) in [6.07, 6.45) is 2.66. The second-order valence-electron chi connectivity index (χ2n) is 3.55. The maximum atomic E-state index is 5.14.